The molecule has 0 aromatic carbocycles. The molecule has 80 valence electrons. The van der Waals surface area contributed by atoms with Gasteiger partial charge in [0.15, 0.2) is 0 Å². The lowest BCUT2D eigenvalue weighted by atomic mass is 9.81. The minimum absolute atomic E-state index is 0.510. The zero-order valence-corrected chi connectivity index (χ0v) is 8.52. The molecule has 1 aromatic heterocycles. The maximum atomic E-state index is 11.3. The van der Waals surface area contributed by atoms with Gasteiger partial charge < -0.3 is 5.11 Å². The van der Waals surface area contributed by atoms with Crippen molar-refractivity contribution in [3.8, 4) is 0 Å². The molecule has 1 saturated carbocycles. The lowest BCUT2D eigenvalue weighted by molar-refractivity contribution is -0.148. The zero-order valence-electron chi connectivity index (χ0n) is 8.52. The monoisotopic (exact) mass is 206 g/mol. The summed E-state index contributed by atoms with van der Waals surface area (Å²) in [5.74, 6) is -0.689. The van der Waals surface area contributed by atoms with Gasteiger partial charge in [-0.2, -0.15) is 10.2 Å². The topological polar surface area (TPSA) is 63.1 Å². The molecule has 0 bridgehead atoms. The summed E-state index contributed by atoms with van der Waals surface area (Å²) in [6.45, 7) is 0. The van der Waals surface area contributed by atoms with Gasteiger partial charge in [0.05, 0.1) is 11.1 Å². The van der Waals surface area contributed by atoms with Gasteiger partial charge in [0.1, 0.15) is 0 Å². The zero-order chi connectivity index (χ0) is 10.7. The Morgan fingerprint density at radius 2 is 2.20 bits per heavy atom. The molecule has 2 rings (SSSR count). The number of carbonyl (C=O) groups is 1. The molecule has 4 heteroatoms. The normalized spacial score (nSPS) is 18.9. The van der Waals surface area contributed by atoms with Crippen molar-refractivity contribution in [2.75, 3.05) is 0 Å². The first-order valence-electron chi connectivity index (χ1n) is 5.23. The minimum Gasteiger partial charge on any atom is -0.481 e. The fourth-order valence-corrected chi connectivity index (χ4v) is 2.29. The van der Waals surface area contributed by atoms with E-state index in [1.54, 1.807) is 12.3 Å². The fraction of sp³-hybridized carbons (Fsp3) is 0.545. The van der Waals surface area contributed by atoms with Crippen LogP contribution in [-0.4, -0.2) is 21.3 Å². The van der Waals surface area contributed by atoms with Gasteiger partial charge in [-0.3, -0.25) is 4.79 Å². The van der Waals surface area contributed by atoms with Crippen LogP contribution in [0.4, 0.5) is 0 Å². The molecule has 0 amide bonds. The summed E-state index contributed by atoms with van der Waals surface area (Å²) in [4.78, 5) is 11.3. The number of aliphatic carboxylic acids is 1. The van der Waals surface area contributed by atoms with Crippen molar-refractivity contribution in [2.45, 2.75) is 32.1 Å². The number of carboxylic acids is 1. The number of rotatable bonds is 3. The highest BCUT2D eigenvalue weighted by molar-refractivity contribution is 5.75. The fourth-order valence-electron chi connectivity index (χ4n) is 2.29. The number of aromatic nitrogens is 2. The van der Waals surface area contributed by atoms with Crippen molar-refractivity contribution in [2.24, 2.45) is 5.41 Å². The van der Waals surface area contributed by atoms with Crippen molar-refractivity contribution in [3.63, 3.8) is 0 Å². The van der Waals surface area contributed by atoms with Crippen LogP contribution in [0.3, 0.4) is 0 Å². The second-order valence-corrected chi connectivity index (χ2v) is 4.18. The Bertz CT molecular complexity index is 345. The van der Waals surface area contributed by atoms with E-state index in [2.05, 4.69) is 10.2 Å². The van der Waals surface area contributed by atoms with E-state index in [4.69, 9.17) is 0 Å². The summed E-state index contributed by atoms with van der Waals surface area (Å²) >= 11 is 0. The van der Waals surface area contributed by atoms with Crippen molar-refractivity contribution >= 4 is 5.97 Å². The standard InChI is InChI=1S/C11H14N2O2/c14-10(15)11(5-1-2-6-11)8-9-4-3-7-12-13-9/h3-4,7H,1-2,5-6,8H2,(H,14,15). The van der Waals surface area contributed by atoms with Crippen molar-refractivity contribution in [1.29, 1.82) is 0 Å². The lowest BCUT2D eigenvalue weighted by Gasteiger charge is -2.22. The van der Waals surface area contributed by atoms with Crippen molar-refractivity contribution in [1.82, 2.24) is 10.2 Å². The van der Waals surface area contributed by atoms with Gasteiger partial charge in [-0.15, -0.1) is 0 Å². The Hall–Kier alpha value is -1.45. The van der Waals surface area contributed by atoms with Gasteiger partial charge in [0.2, 0.25) is 0 Å². The highest BCUT2D eigenvalue weighted by Gasteiger charge is 2.41. The summed E-state index contributed by atoms with van der Waals surface area (Å²) in [5, 5.41) is 17.0. The van der Waals surface area contributed by atoms with E-state index in [1.807, 2.05) is 6.07 Å². The highest BCUT2D eigenvalue weighted by atomic mass is 16.4. The Morgan fingerprint density at radius 3 is 2.73 bits per heavy atom. The van der Waals surface area contributed by atoms with Gasteiger partial charge in [0, 0.05) is 12.6 Å². The van der Waals surface area contributed by atoms with Crippen molar-refractivity contribution < 1.29 is 9.90 Å². The number of carboxylic acid groups (broad SMARTS) is 1. The first kappa shape index (κ1) is 10.1. The van der Waals surface area contributed by atoms with Gasteiger partial charge in [-0.1, -0.05) is 12.8 Å². The van der Waals surface area contributed by atoms with Crippen LogP contribution in [0.2, 0.25) is 0 Å². The average Bonchev–Trinajstić information content (AvgIpc) is 2.69. The third-order valence-corrected chi connectivity index (χ3v) is 3.16. The van der Waals surface area contributed by atoms with E-state index >= 15 is 0 Å². The van der Waals surface area contributed by atoms with Crippen LogP contribution in [-0.2, 0) is 11.2 Å². The van der Waals surface area contributed by atoms with Crippen LogP contribution in [0.1, 0.15) is 31.4 Å². The van der Waals surface area contributed by atoms with Gasteiger partial charge in [-0.25, -0.2) is 0 Å². The molecular formula is C11H14N2O2. The van der Waals surface area contributed by atoms with Crippen molar-refractivity contribution in [3.05, 3.63) is 24.0 Å². The molecule has 1 aliphatic carbocycles. The summed E-state index contributed by atoms with van der Waals surface area (Å²) in [5.41, 5.74) is 0.192. The molecule has 1 aromatic rings. The Morgan fingerprint density at radius 1 is 1.47 bits per heavy atom. The smallest absolute Gasteiger partial charge is 0.310 e. The molecule has 0 spiro atoms. The third kappa shape index (κ3) is 1.98. The number of hydrogen-bond acceptors (Lipinski definition) is 3. The Kier molecular flexibility index (Phi) is 2.66. The van der Waals surface area contributed by atoms with Crippen LogP contribution in [0.25, 0.3) is 0 Å². The van der Waals surface area contributed by atoms with Crippen LogP contribution in [0, 0.1) is 5.41 Å². The van der Waals surface area contributed by atoms with Crippen LogP contribution >= 0.6 is 0 Å². The molecule has 1 aliphatic rings. The summed E-state index contributed by atoms with van der Waals surface area (Å²) in [6, 6.07) is 3.64. The first-order valence-corrected chi connectivity index (χ1v) is 5.23. The van der Waals surface area contributed by atoms with E-state index in [0.29, 0.717) is 6.42 Å². The summed E-state index contributed by atoms with van der Waals surface area (Å²) in [7, 11) is 0. The Balaban J connectivity index is 2.18. The highest BCUT2D eigenvalue weighted by Crippen LogP contribution is 2.40. The van der Waals surface area contributed by atoms with E-state index < -0.39 is 11.4 Å². The lowest BCUT2D eigenvalue weighted by Crippen LogP contribution is -2.30. The van der Waals surface area contributed by atoms with E-state index in [0.717, 1.165) is 31.4 Å². The van der Waals surface area contributed by atoms with E-state index in [9.17, 15) is 9.90 Å². The summed E-state index contributed by atoms with van der Waals surface area (Å²) in [6.07, 6.45) is 5.65. The molecule has 1 N–H and O–H groups in total. The Labute approximate surface area is 88.3 Å². The third-order valence-electron chi connectivity index (χ3n) is 3.16. The minimum atomic E-state index is -0.689. The molecule has 1 heterocycles. The molecule has 0 radical (unpaired) electrons. The summed E-state index contributed by atoms with van der Waals surface area (Å²) < 4.78 is 0. The van der Waals surface area contributed by atoms with Gasteiger partial charge in [-0.05, 0) is 25.0 Å². The largest absolute Gasteiger partial charge is 0.481 e. The number of nitrogens with zero attached hydrogens (tertiary/aromatic N) is 2. The molecule has 0 saturated heterocycles. The van der Waals surface area contributed by atoms with Crippen LogP contribution < -0.4 is 0 Å². The second-order valence-electron chi connectivity index (χ2n) is 4.18. The molecule has 0 aliphatic heterocycles. The van der Waals surface area contributed by atoms with Crippen LogP contribution in [0.5, 0.6) is 0 Å². The van der Waals surface area contributed by atoms with Gasteiger partial charge >= 0.3 is 5.97 Å². The SMILES string of the molecule is O=C(O)C1(Cc2cccnn2)CCCC1. The van der Waals surface area contributed by atoms with E-state index in [-0.39, 0.29) is 0 Å². The van der Waals surface area contributed by atoms with Crippen LogP contribution in [0.15, 0.2) is 18.3 Å². The molecule has 0 atom stereocenters. The predicted octanol–water partition coefficient (Wildman–Crippen LogP) is 1.66. The molecule has 15 heavy (non-hydrogen) atoms. The molecule has 4 nitrogen and oxygen atoms in total. The van der Waals surface area contributed by atoms with E-state index in [1.165, 1.54) is 0 Å². The maximum absolute atomic E-state index is 11.3. The molecule has 0 unspecified atom stereocenters. The maximum Gasteiger partial charge on any atom is 0.310 e. The molecular weight excluding hydrogens is 192 g/mol. The predicted molar refractivity (Wildman–Crippen MR) is 54.3 cm³/mol. The quantitative estimate of drug-likeness (QED) is 0.817. The van der Waals surface area contributed by atoms with Gasteiger partial charge in [0.25, 0.3) is 0 Å². The first-order chi connectivity index (χ1) is 7.23. The molecule has 1 fully saturated rings. The second kappa shape index (κ2) is 3.96. The number of hydrogen-bond donors (Lipinski definition) is 1. The average molecular weight is 206 g/mol.